The maximum absolute atomic E-state index is 2.64. The van der Waals surface area contributed by atoms with Gasteiger partial charge in [0.05, 0.1) is 6.04 Å². The Hall–Kier alpha value is -2.32. The zero-order valence-electron chi connectivity index (χ0n) is 15.9. The minimum absolute atomic E-state index is 0.319. The van der Waals surface area contributed by atoms with Crippen LogP contribution < -0.4 is 0 Å². The fourth-order valence-electron chi connectivity index (χ4n) is 4.06. The van der Waals surface area contributed by atoms with Gasteiger partial charge in [0.1, 0.15) is 0 Å². The molecule has 0 fully saturated rings. The van der Waals surface area contributed by atoms with Crippen molar-refractivity contribution in [1.29, 1.82) is 0 Å². The van der Waals surface area contributed by atoms with Crippen LogP contribution in [0.3, 0.4) is 0 Å². The zero-order chi connectivity index (χ0) is 17.9. The van der Waals surface area contributed by atoms with E-state index in [2.05, 4.69) is 90.2 Å². The van der Waals surface area contributed by atoms with Crippen LogP contribution in [0.15, 0.2) is 66.9 Å². The van der Waals surface area contributed by atoms with Crippen molar-refractivity contribution in [3.8, 4) is 0 Å². The summed E-state index contributed by atoms with van der Waals surface area (Å²) in [4.78, 5) is 2.64. The van der Waals surface area contributed by atoms with Crippen LogP contribution in [0.5, 0.6) is 0 Å². The van der Waals surface area contributed by atoms with Crippen LogP contribution in [-0.4, -0.2) is 16.0 Å². The van der Waals surface area contributed by atoms with Crippen molar-refractivity contribution in [2.45, 2.75) is 45.8 Å². The highest BCUT2D eigenvalue weighted by Crippen LogP contribution is 2.33. The number of aryl methyl sites for hydroxylation is 3. The molecule has 0 aliphatic carbocycles. The average molecular weight is 345 g/mol. The van der Waals surface area contributed by atoms with Crippen LogP contribution in [0.1, 0.15) is 47.3 Å². The molecule has 0 bridgehead atoms. The third kappa shape index (κ3) is 3.47. The molecule has 134 valence electrons. The van der Waals surface area contributed by atoms with E-state index < -0.39 is 0 Å². The summed E-state index contributed by atoms with van der Waals surface area (Å²) in [5.41, 5.74) is 6.94. The van der Waals surface area contributed by atoms with E-state index in [0.717, 1.165) is 26.1 Å². The minimum atomic E-state index is 0.319. The summed E-state index contributed by atoms with van der Waals surface area (Å²) in [6.45, 7) is 7.59. The Kier molecular flexibility index (Phi) is 4.94. The molecule has 1 atom stereocenters. The van der Waals surface area contributed by atoms with Gasteiger partial charge in [0.25, 0.3) is 0 Å². The number of nitrogens with zero attached hydrogens (tertiary/aromatic N) is 2. The Labute approximate surface area is 157 Å². The molecule has 0 N–H and O–H groups in total. The van der Waals surface area contributed by atoms with E-state index in [4.69, 9.17) is 0 Å². The second kappa shape index (κ2) is 7.51. The van der Waals surface area contributed by atoms with Crippen LogP contribution in [0.4, 0.5) is 0 Å². The molecule has 26 heavy (non-hydrogen) atoms. The van der Waals surface area contributed by atoms with Gasteiger partial charge in [-0.2, -0.15) is 0 Å². The molecule has 0 unspecified atom stereocenters. The number of rotatable bonds is 4. The molecule has 1 aromatic heterocycles. The van der Waals surface area contributed by atoms with E-state index in [9.17, 15) is 0 Å². The van der Waals surface area contributed by atoms with Gasteiger partial charge in [-0.05, 0) is 48.6 Å². The maximum Gasteiger partial charge on any atom is 0.0759 e. The van der Waals surface area contributed by atoms with E-state index in [1.54, 1.807) is 0 Å². The average Bonchev–Trinajstić information content (AvgIpc) is 3.05. The third-order valence-corrected chi connectivity index (χ3v) is 5.56. The predicted molar refractivity (Wildman–Crippen MR) is 108 cm³/mol. The Balaban J connectivity index is 1.71. The molecule has 0 spiro atoms. The highest BCUT2D eigenvalue weighted by molar-refractivity contribution is 5.33. The monoisotopic (exact) mass is 344 g/mol. The van der Waals surface area contributed by atoms with E-state index in [1.807, 2.05) is 0 Å². The highest BCUT2D eigenvalue weighted by atomic mass is 15.2. The molecule has 0 saturated carbocycles. The molecule has 4 rings (SSSR count). The normalized spacial score (nSPS) is 17.7. The van der Waals surface area contributed by atoms with Crippen molar-refractivity contribution in [2.24, 2.45) is 0 Å². The quantitative estimate of drug-likeness (QED) is 0.619. The van der Waals surface area contributed by atoms with E-state index in [-0.39, 0.29) is 0 Å². The van der Waals surface area contributed by atoms with Crippen molar-refractivity contribution in [3.05, 3.63) is 94.8 Å². The molecular formula is C24H28N2. The summed E-state index contributed by atoms with van der Waals surface area (Å²) in [5, 5.41) is 0. The topological polar surface area (TPSA) is 8.17 Å². The molecule has 2 nitrogen and oxygen atoms in total. The second-order valence-corrected chi connectivity index (χ2v) is 7.43. The number of hydrogen-bond donors (Lipinski definition) is 0. The number of aromatic nitrogens is 1. The summed E-state index contributed by atoms with van der Waals surface area (Å²) in [6.07, 6.45) is 4.52. The van der Waals surface area contributed by atoms with Crippen LogP contribution >= 0.6 is 0 Å². The molecule has 0 radical (unpaired) electrons. The van der Waals surface area contributed by atoms with Gasteiger partial charge < -0.3 is 4.57 Å². The summed E-state index contributed by atoms with van der Waals surface area (Å²) < 4.78 is 2.44. The number of benzene rings is 2. The fraction of sp³-hybridized carbons (Fsp3) is 0.333. The molecule has 1 aliphatic heterocycles. The Bertz CT molecular complexity index is 843. The van der Waals surface area contributed by atoms with Crippen LogP contribution in [-0.2, 0) is 19.5 Å². The van der Waals surface area contributed by atoms with Crippen LogP contribution in [0.25, 0.3) is 0 Å². The van der Waals surface area contributed by atoms with Gasteiger partial charge in [-0.1, -0.05) is 61.0 Å². The molecule has 1 aliphatic rings. The Morgan fingerprint density at radius 2 is 1.62 bits per heavy atom. The fourth-order valence-corrected chi connectivity index (χ4v) is 4.06. The number of fused-ring (bicyclic) bond motifs is 1. The van der Waals surface area contributed by atoms with Gasteiger partial charge in [0, 0.05) is 31.5 Å². The van der Waals surface area contributed by atoms with Gasteiger partial charge >= 0.3 is 0 Å². The van der Waals surface area contributed by atoms with Gasteiger partial charge in [-0.25, -0.2) is 0 Å². The van der Waals surface area contributed by atoms with Gasteiger partial charge in [0.2, 0.25) is 0 Å². The third-order valence-electron chi connectivity index (χ3n) is 5.56. The minimum Gasteiger partial charge on any atom is -0.350 e. The first-order valence-electron chi connectivity index (χ1n) is 9.78. The zero-order valence-corrected chi connectivity index (χ0v) is 15.9. The van der Waals surface area contributed by atoms with Crippen molar-refractivity contribution < 1.29 is 0 Å². The van der Waals surface area contributed by atoms with Crippen molar-refractivity contribution in [2.75, 3.05) is 6.54 Å². The highest BCUT2D eigenvalue weighted by Gasteiger charge is 2.27. The first-order valence-corrected chi connectivity index (χ1v) is 9.78. The summed E-state index contributed by atoms with van der Waals surface area (Å²) >= 11 is 0. The Morgan fingerprint density at radius 3 is 2.35 bits per heavy atom. The molecule has 0 amide bonds. The summed E-state index contributed by atoms with van der Waals surface area (Å²) in [7, 11) is 0. The molecule has 2 aromatic carbocycles. The van der Waals surface area contributed by atoms with Crippen molar-refractivity contribution in [1.82, 2.24) is 9.47 Å². The van der Waals surface area contributed by atoms with E-state index >= 15 is 0 Å². The summed E-state index contributed by atoms with van der Waals surface area (Å²) in [5.74, 6) is 0. The van der Waals surface area contributed by atoms with Crippen molar-refractivity contribution >= 4 is 0 Å². The molecular weight excluding hydrogens is 316 g/mol. The van der Waals surface area contributed by atoms with E-state index in [0.29, 0.717) is 6.04 Å². The molecule has 2 heteroatoms. The number of hydrogen-bond acceptors (Lipinski definition) is 1. The smallest absolute Gasteiger partial charge is 0.0759 e. The van der Waals surface area contributed by atoms with Crippen LogP contribution in [0, 0.1) is 6.92 Å². The lowest BCUT2D eigenvalue weighted by Gasteiger charge is -2.31. The lowest BCUT2D eigenvalue weighted by atomic mass is 9.99. The first-order chi connectivity index (χ1) is 12.7. The molecule has 2 heterocycles. The first kappa shape index (κ1) is 17.1. The molecule has 0 saturated heterocycles. The lowest BCUT2D eigenvalue weighted by Crippen LogP contribution is -2.29. The second-order valence-electron chi connectivity index (χ2n) is 7.43. The lowest BCUT2D eigenvalue weighted by molar-refractivity contribution is 0.220. The Morgan fingerprint density at radius 1 is 0.885 bits per heavy atom. The van der Waals surface area contributed by atoms with E-state index in [1.165, 1.54) is 34.4 Å². The van der Waals surface area contributed by atoms with Gasteiger partial charge in [0.15, 0.2) is 0 Å². The van der Waals surface area contributed by atoms with Crippen molar-refractivity contribution in [3.63, 3.8) is 0 Å². The SMILES string of the molecule is CCc1ccc([C@@H]2c3cccn3CCCN2Cc2ccc(C)cc2)cc1. The van der Waals surface area contributed by atoms with Gasteiger partial charge in [-0.15, -0.1) is 0 Å². The maximum atomic E-state index is 2.64. The largest absolute Gasteiger partial charge is 0.350 e. The summed E-state index contributed by atoms with van der Waals surface area (Å²) in [6, 6.07) is 23.0. The standard InChI is InChI=1S/C24H28N2/c1-3-20-11-13-22(14-12-20)24-23-6-4-15-25(23)16-5-17-26(24)18-21-9-7-19(2)8-10-21/h4,6-15,24H,3,5,16-18H2,1-2H3/t24-/m1/s1. The van der Waals surface area contributed by atoms with Gasteiger partial charge in [-0.3, -0.25) is 4.90 Å². The van der Waals surface area contributed by atoms with Crippen LogP contribution in [0.2, 0.25) is 0 Å². The molecule has 3 aromatic rings. The predicted octanol–water partition coefficient (Wildman–Crippen LogP) is 5.35.